The van der Waals surface area contributed by atoms with Crippen LogP contribution in [0.2, 0.25) is 0 Å². The SMILES string of the molecule is O=C(O)CCc1coc(COc2ccccc2)n1. The fourth-order valence-electron chi connectivity index (χ4n) is 1.43. The molecule has 0 spiro atoms. The van der Waals surface area contributed by atoms with Crippen LogP contribution < -0.4 is 4.74 Å². The molecule has 0 bridgehead atoms. The van der Waals surface area contributed by atoms with Crippen molar-refractivity contribution in [3.05, 3.63) is 48.2 Å². The summed E-state index contributed by atoms with van der Waals surface area (Å²) in [7, 11) is 0. The number of ether oxygens (including phenoxy) is 1. The third kappa shape index (κ3) is 3.62. The summed E-state index contributed by atoms with van der Waals surface area (Å²) < 4.78 is 10.6. The summed E-state index contributed by atoms with van der Waals surface area (Å²) >= 11 is 0. The van der Waals surface area contributed by atoms with Crippen LogP contribution in [0.5, 0.6) is 5.75 Å². The van der Waals surface area contributed by atoms with Gasteiger partial charge in [0.1, 0.15) is 12.0 Å². The standard InChI is InChI=1S/C13H13NO4/c15-13(16)7-6-10-8-18-12(14-10)9-17-11-4-2-1-3-5-11/h1-5,8H,6-7,9H2,(H,15,16). The summed E-state index contributed by atoms with van der Waals surface area (Å²) in [6.45, 7) is 0.233. The van der Waals surface area contributed by atoms with Crippen molar-refractivity contribution in [3.63, 3.8) is 0 Å². The van der Waals surface area contributed by atoms with Crippen LogP contribution in [0.3, 0.4) is 0 Å². The number of carboxylic acids is 1. The molecule has 0 atom stereocenters. The van der Waals surface area contributed by atoms with Crippen molar-refractivity contribution in [1.82, 2.24) is 4.98 Å². The number of benzene rings is 1. The molecule has 0 amide bonds. The fraction of sp³-hybridized carbons (Fsp3) is 0.231. The highest BCUT2D eigenvalue weighted by Crippen LogP contribution is 2.12. The van der Waals surface area contributed by atoms with Gasteiger partial charge in [0.05, 0.1) is 12.1 Å². The van der Waals surface area contributed by atoms with Crippen LogP contribution in [-0.4, -0.2) is 16.1 Å². The van der Waals surface area contributed by atoms with Gasteiger partial charge in [0.2, 0.25) is 5.89 Å². The van der Waals surface area contributed by atoms with Crippen LogP contribution in [-0.2, 0) is 17.8 Å². The molecule has 1 heterocycles. The van der Waals surface area contributed by atoms with Gasteiger partial charge < -0.3 is 14.3 Å². The van der Waals surface area contributed by atoms with E-state index in [-0.39, 0.29) is 13.0 Å². The number of carbonyl (C=O) groups is 1. The third-order valence-corrected chi connectivity index (χ3v) is 2.30. The lowest BCUT2D eigenvalue weighted by Crippen LogP contribution is -1.99. The van der Waals surface area contributed by atoms with Crippen LogP contribution >= 0.6 is 0 Å². The van der Waals surface area contributed by atoms with E-state index in [1.54, 1.807) is 0 Å². The number of hydrogen-bond acceptors (Lipinski definition) is 4. The second-order valence-corrected chi connectivity index (χ2v) is 3.73. The lowest BCUT2D eigenvalue weighted by atomic mass is 10.2. The van der Waals surface area contributed by atoms with E-state index in [0.717, 1.165) is 5.75 Å². The van der Waals surface area contributed by atoms with Crippen LogP contribution in [0.25, 0.3) is 0 Å². The summed E-state index contributed by atoms with van der Waals surface area (Å²) in [5.74, 6) is 0.335. The molecule has 94 valence electrons. The lowest BCUT2D eigenvalue weighted by Gasteiger charge is -2.01. The minimum atomic E-state index is -0.847. The van der Waals surface area contributed by atoms with E-state index in [2.05, 4.69) is 4.98 Å². The Morgan fingerprint density at radius 1 is 1.33 bits per heavy atom. The number of aryl methyl sites for hydroxylation is 1. The van der Waals surface area contributed by atoms with Gasteiger partial charge in [0.15, 0.2) is 6.61 Å². The molecule has 0 saturated heterocycles. The molecular weight excluding hydrogens is 234 g/mol. The van der Waals surface area contributed by atoms with Gasteiger partial charge in [0.25, 0.3) is 0 Å². The summed E-state index contributed by atoms with van der Waals surface area (Å²) in [6.07, 6.45) is 1.88. The first kappa shape index (κ1) is 12.2. The van der Waals surface area contributed by atoms with E-state index in [1.165, 1.54) is 6.26 Å². The quantitative estimate of drug-likeness (QED) is 0.847. The monoisotopic (exact) mass is 247 g/mol. The molecule has 0 aliphatic heterocycles. The Hall–Kier alpha value is -2.30. The summed E-state index contributed by atoms with van der Waals surface area (Å²) in [6, 6.07) is 9.34. The zero-order chi connectivity index (χ0) is 12.8. The molecule has 0 aliphatic carbocycles. The van der Waals surface area contributed by atoms with E-state index in [0.29, 0.717) is 18.0 Å². The average Bonchev–Trinajstić information content (AvgIpc) is 2.83. The number of oxazole rings is 1. The predicted octanol–water partition coefficient (Wildman–Crippen LogP) is 2.27. The van der Waals surface area contributed by atoms with Crippen molar-refractivity contribution in [3.8, 4) is 5.75 Å². The first-order valence-electron chi connectivity index (χ1n) is 5.57. The molecule has 1 aromatic heterocycles. The molecule has 5 heteroatoms. The van der Waals surface area contributed by atoms with E-state index >= 15 is 0 Å². The molecule has 18 heavy (non-hydrogen) atoms. The number of nitrogens with zero attached hydrogens (tertiary/aromatic N) is 1. The van der Waals surface area contributed by atoms with E-state index in [9.17, 15) is 4.79 Å². The Balaban J connectivity index is 1.85. The molecule has 0 aliphatic rings. The largest absolute Gasteiger partial charge is 0.484 e. The van der Waals surface area contributed by atoms with E-state index in [1.807, 2.05) is 30.3 Å². The van der Waals surface area contributed by atoms with Crippen LogP contribution in [0.1, 0.15) is 18.0 Å². The Kier molecular flexibility index (Phi) is 3.96. The van der Waals surface area contributed by atoms with Gasteiger partial charge in [0, 0.05) is 6.42 Å². The lowest BCUT2D eigenvalue weighted by molar-refractivity contribution is -0.136. The van der Waals surface area contributed by atoms with Crippen molar-refractivity contribution in [2.45, 2.75) is 19.4 Å². The maximum absolute atomic E-state index is 10.4. The highest BCUT2D eigenvalue weighted by Gasteiger charge is 2.06. The number of aliphatic carboxylic acids is 1. The maximum atomic E-state index is 10.4. The molecule has 2 rings (SSSR count). The Morgan fingerprint density at radius 3 is 2.83 bits per heavy atom. The molecule has 5 nitrogen and oxygen atoms in total. The first-order valence-corrected chi connectivity index (χ1v) is 5.57. The second-order valence-electron chi connectivity index (χ2n) is 3.73. The topological polar surface area (TPSA) is 72.6 Å². The Labute approximate surface area is 104 Å². The smallest absolute Gasteiger partial charge is 0.303 e. The van der Waals surface area contributed by atoms with Crippen LogP contribution in [0.15, 0.2) is 41.0 Å². The summed E-state index contributed by atoms with van der Waals surface area (Å²) in [4.78, 5) is 14.5. The predicted molar refractivity (Wildman–Crippen MR) is 63.2 cm³/mol. The number of para-hydroxylation sites is 1. The molecule has 0 fully saturated rings. The molecule has 0 radical (unpaired) electrons. The van der Waals surface area contributed by atoms with Crippen molar-refractivity contribution in [1.29, 1.82) is 0 Å². The fourth-order valence-corrected chi connectivity index (χ4v) is 1.43. The van der Waals surface area contributed by atoms with Crippen molar-refractivity contribution < 1.29 is 19.1 Å². The number of aromatic nitrogens is 1. The van der Waals surface area contributed by atoms with Gasteiger partial charge in [-0.25, -0.2) is 4.98 Å². The van der Waals surface area contributed by atoms with Gasteiger partial charge >= 0.3 is 5.97 Å². The highest BCUT2D eigenvalue weighted by molar-refractivity contribution is 5.66. The van der Waals surface area contributed by atoms with Gasteiger partial charge in [-0.3, -0.25) is 4.79 Å². The third-order valence-electron chi connectivity index (χ3n) is 2.30. The maximum Gasteiger partial charge on any atom is 0.303 e. The molecule has 1 N–H and O–H groups in total. The normalized spacial score (nSPS) is 10.2. The zero-order valence-electron chi connectivity index (χ0n) is 9.70. The van der Waals surface area contributed by atoms with Gasteiger partial charge in [-0.2, -0.15) is 0 Å². The first-order chi connectivity index (χ1) is 8.74. The average molecular weight is 247 g/mol. The Morgan fingerprint density at radius 2 is 2.11 bits per heavy atom. The van der Waals surface area contributed by atoms with E-state index < -0.39 is 5.97 Å². The van der Waals surface area contributed by atoms with Crippen LogP contribution in [0.4, 0.5) is 0 Å². The molecular formula is C13H13NO4. The molecule has 1 aromatic carbocycles. The zero-order valence-corrected chi connectivity index (χ0v) is 9.70. The minimum absolute atomic E-state index is 0.0471. The molecule has 0 unspecified atom stereocenters. The summed E-state index contributed by atoms with van der Waals surface area (Å²) in [5.41, 5.74) is 0.629. The summed E-state index contributed by atoms with van der Waals surface area (Å²) in [5, 5.41) is 8.55. The minimum Gasteiger partial charge on any atom is -0.484 e. The van der Waals surface area contributed by atoms with Gasteiger partial charge in [-0.15, -0.1) is 0 Å². The van der Waals surface area contributed by atoms with Crippen molar-refractivity contribution in [2.75, 3.05) is 0 Å². The van der Waals surface area contributed by atoms with E-state index in [4.69, 9.17) is 14.3 Å². The van der Waals surface area contributed by atoms with Crippen LogP contribution in [0, 0.1) is 0 Å². The van der Waals surface area contributed by atoms with Crippen molar-refractivity contribution in [2.24, 2.45) is 0 Å². The van der Waals surface area contributed by atoms with Crippen molar-refractivity contribution >= 4 is 5.97 Å². The van der Waals surface area contributed by atoms with Gasteiger partial charge in [-0.1, -0.05) is 18.2 Å². The van der Waals surface area contributed by atoms with Gasteiger partial charge in [-0.05, 0) is 12.1 Å². The number of rotatable bonds is 6. The number of hydrogen-bond donors (Lipinski definition) is 1. The second kappa shape index (κ2) is 5.86. The Bertz CT molecular complexity index is 507. The molecule has 2 aromatic rings. The number of carboxylic acid groups (broad SMARTS) is 1. The molecule has 0 saturated carbocycles. The highest BCUT2D eigenvalue weighted by atomic mass is 16.5.